The standard InChI is InChI=1S/C19H16ClF4NO5S/c20-11-6-15-14(17(7-11)30-9-18(26)27)2-1-3-16(15)25-31(28,29)13-5-10(19(22,23)24)4-12(21)8-13/h4-8,16,25H,1-3,9H2,(H,26,27)/t16-/m1/s1. The van der Waals surface area contributed by atoms with Crippen molar-refractivity contribution in [1.82, 2.24) is 4.72 Å². The fraction of sp³-hybridized carbons (Fsp3) is 0.316. The zero-order chi connectivity index (χ0) is 23.0. The average Bonchev–Trinajstić information content (AvgIpc) is 2.65. The van der Waals surface area contributed by atoms with Gasteiger partial charge in [0.25, 0.3) is 0 Å². The lowest BCUT2D eigenvalue weighted by atomic mass is 9.87. The molecule has 2 aromatic carbocycles. The van der Waals surface area contributed by atoms with Crippen LogP contribution >= 0.6 is 11.6 Å². The van der Waals surface area contributed by atoms with Crippen molar-refractivity contribution in [3.05, 3.63) is 57.9 Å². The van der Waals surface area contributed by atoms with E-state index in [-0.39, 0.29) is 16.8 Å². The van der Waals surface area contributed by atoms with Crippen LogP contribution in [-0.2, 0) is 27.4 Å². The number of halogens is 5. The summed E-state index contributed by atoms with van der Waals surface area (Å²) in [6.07, 6.45) is -3.68. The molecule has 12 heteroatoms. The van der Waals surface area contributed by atoms with Crippen LogP contribution in [0.3, 0.4) is 0 Å². The summed E-state index contributed by atoms with van der Waals surface area (Å²) in [6.45, 7) is -0.632. The van der Waals surface area contributed by atoms with Crippen LogP contribution in [0.1, 0.15) is 35.6 Å². The molecule has 1 aliphatic carbocycles. The highest BCUT2D eigenvalue weighted by molar-refractivity contribution is 7.89. The molecule has 1 aliphatic rings. The topological polar surface area (TPSA) is 92.7 Å². The molecule has 168 valence electrons. The van der Waals surface area contributed by atoms with Crippen LogP contribution in [0.15, 0.2) is 35.2 Å². The van der Waals surface area contributed by atoms with Crippen LogP contribution in [0.5, 0.6) is 5.75 Å². The van der Waals surface area contributed by atoms with E-state index in [9.17, 15) is 30.8 Å². The molecule has 0 aromatic heterocycles. The Kier molecular flexibility index (Phi) is 6.49. The van der Waals surface area contributed by atoms with E-state index in [1.54, 1.807) is 0 Å². The van der Waals surface area contributed by atoms with Crippen LogP contribution in [0.2, 0.25) is 5.02 Å². The van der Waals surface area contributed by atoms with Crippen LogP contribution in [0.4, 0.5) is 17.6 Å². The van der Waals surface area contributed by atoms with Gasteiger partial charge in [0.1, 0.15) is 11.6 Å². The molecule has 2 N–H and O–H groups in total. The number of benzene rings is 2. The molecular formula is C19H16ClF4NO5S. The van der Waals surface area contributed by atoms with Gasteiger partial charge in [0.05, 0.1) is 10.5 Å². The molecule has 0 amide bonds. The van der Waals surface area contributed by atoms with Crippen molar-refractivity contribution in [2.75, 3.05) is 6.61 Å². The molecule has 0 unspecified atom stereocenters. The van der Waals surface area contributed by atoms with E-state index in [0.717, 1.165) is 0 Å². The van der Waals surface area contributed by atoms with E-state index in [2.05, 4.69) is 4.72 Å². The van der Waals surface area contributed by atoms with Crippen molar-refractivity contribution in [3.8, 4) is 5.75 Å². The van der Waals surface area contributed by atoms with Gasteiger partial charge >= 0.3 is 12.1 Å². The number of alkyl halides is 3. The number of hydrogen-bond donors (Lipinski definition) is 2. The number of sulfonamides is 1. The monoisotopic (exact) mass is 481 g/mol. The molecule has 0 radical (unpaired) electrons. The van der Waals surface area contributed by atoms with E-state index < -0.39 is 51.1 Å². The van der Waals surface area contributed by atoms with E-state index in [1.165, 1.54) is 12.1 Å². The highest BCUT2D eigenvalue weighted by Crippen LogP contribution is 2.39. The Bertz CT molecular complexity index is 1120. The third-order valence-electron chi connectivity index (χ3n) is 4.66. The molecule has 0 fully saturated rings. The van der Waals surface area contributed by atoms with Crippen LogP contribution in [0, 0.1) is 5.82 Å². The zero-order valence-electron chi connectivity index (χ0n) is 15.7. The Morgan fingerprint density at radius 1 is 1.23 bits per heavy atom. The van der Waals surface area contributed by atoms with Crippen molar-refractivity contribution in [3.63, 3.8) is 0 Å². The van der Waals surface area contributed by atoms with Gasteiger partial charge in [-0.3, -0.25) is 0 Å². The largest absolute Gasteiger partial charge is 0.482 e. The van der Waals surface area contributed by atoms with Crippen molar-refractivity contribution in [1.29, 1.82) is 0 Å². The molecule has 1 atom stereocenters. The second-order valence-corrected chi connectivity index (χ2v) is 9.04. The van der Waals surface area contributed by atoms with Crippen molar-refractivity contribution >= 4 is 27.6 Å². The molecule has 0 aliphatic heterocycles. The molecule has 31 heavy (non-hydrogen) atoms. The first kappa shape index (κ1) is 23.3. The summed E-state index contributed by atoms with van der Waals surface area (Å²) in [5.74, 6) is -2.38. The lowest BCUT2D eigenvalue weighted by Gasteiger charge is -2.28. The van der Waals surface area contributed by atoms with Gasteiger partial charge in [-0.15, -0.1) is 0 Å². The Balaban J connectivity index is 1.96. The summed E-state index contributed by atoms with van der Waals surface area (Å²) < 4.78 is 85.6. The summed E-state index contributed by atoms with van der Waals surface area (Å²) in [6, 6.07) is 3.07. The molecule has 0 saturated heterocycles. The smallest absolute Gasteiger partial charge is 0.416 e. The Morgan fingerprint density at radius 3 is 2.58 bits per heavy atom. The number of rotatable bonds is 6. The molecule has 2 aromatic rings. The predicted molar refractivity (Wildman–Crippen MR) is 102 cm³/mol. The van der Waals surface area contributed by atoms with Gasteiger partial charge < -0.3 is 9.84 Å². The zero-order valence-corrected chi connectivity index (χ0v) is 17.2. The normalized spacial score (nSPS) is 16.6. The lowest BCUT2D eigenvalue weighted by Crippen LogP contribution is -2.31. The van der Waals surface area contributed by atoms with Gasteiger partial charge in [-0.25, -0.2) is 22.3 Å². The number of ether oxygens (including phenoxy) is 1. The fourth-order valence-corrected chi connectivity index (χ4v) is 4.90. The van der Waals surface area contributed by atoms with Gasteiger partial charge in [0.2, 0.25) is 10.0 Å². The van der Waals surface area contributed by atoms with E-state index >= 15 is 0 Å². The predicted octanol–water partition coefficient (Wildman–Crippen LogP) is 4.32. The minimum atomic E-state index is -4.92. The second kappa shape index (κ2) is 8.64. The van der Waals surface area contributed by atoms with Gasteiger partial charge in [0.15, 0.2) is 6.61 Å². The Labute approximate surface area is 179 Å². The summed E-state index contributed by atoms with van der Waals surface area (Å²) in [4.78, 5) is 9.94. The summed E-state index contributed by atoms with van der Waals surface area (Å²) in [5, 5.41) is 8.98. The van der Waals surface area contributed by atoms with Crippen molar-refractivity contribution in [2.24, 2.45) is 0 Å². The van der Waals surface area contributed by atoms with Gasteiger partial charge in [-0.05, 0) is 60.7 Å². The molecule has 0 heterocycles. The number of carboxylic acids is 1. The van der Waals surface area contributed by atoms with Gasteiger partial charge in [-0.2, -0.15) is 13.2 Å². The van der Waals surface area contributed by atoms with Crippen molar-refractivity contribution in [2.45, 2.75) is 36.4 Å². The number of carboxylic acid groups (broad SMARTS) is 1. The number of carbonyl (C=O) groups is 1. The Morgan fingerprint density at radius 2 is 1.94 bits per heavy atom. The van der Waals surface area contributed by atoms with Gasteiger partial charge in [-0.1, -0.05) is 11.6 Å². The van der Waals surface area contributed by atoms with E-state index in [0.29, 0.717) is 42.5 Å². The molecule has 0 saturated carbocycles. The maximum Gasteiger partial charge on any atom is 0.416 e. The first-order valence-electron chi connectivity index (χ1n) is 8.94. The Hall–Kier alpha value is -2.37. The first-order chi connectivity index (χ1) is 14.4. The summed E-state index contributed by atoms with van der Waals surface area (Å²) in [7, 11) is -4.53. The number of fused-ring (bicyclic) bond motifs is 1. The van der Waals surface area contributed by atoms with E-state index in [1.807, 2.05) is 0 Å². The molecule has 6 nitrogen and oxygen atoms in total. The van der Waals surface area contributed by atoms with Gasteiger partial charge in [0, 0.05) is 11.1 Å². The molecule has 0 spiro atoms. The van der Waals surface area contributed by atoms with Crippen LogP contribution < -0.4 is 9.46 Å². The maximum absolute atomic E-state index is 13.7. The third kappa shape index (κ3) is 5.46. The molecule has 0 bridgehead atoms. The highest BCUT2D eigenvalue weighted by Gasteiger charge is 2.34. The quantitative estimate of drug-likeness (QED) is 0.600. The van der Waals surface area contributed by atoms with E-state index in [4.69, 9.17) is 21.4 Å². The number of aliphatic carboxylic acids is 1. The molecule has 3 rings (SSSR count). The lowest BCUT2D eigenvalue weighted by molar-refractivity contribution is -0.139. The highest BCUT2D eigenvalue weighted by atomic mass is 35.5. The third-order valence-corrected chi connectivity index (χ3v) is 6.33. The maximum atomic E-state index is 13.7. The fourth-order valence-electron chi connectivity index (χ4n) is 3.38. The minimum absolute atomic E-state index is 0.162. The average molecular weight is 482 g/mol. The van der Waals surface area contributed by atoms with Crippen molar-refractivity contribution < 1.29 is 40.6 Å². The first-order valence-corrected chi connectivity index (χ1v) is 10.8. The second-order valence-electron chi connectivity index (χ2n) is 6.89. The minimum Gasteiger partial charge on any atom is -0.482 e. The summed E-state index contributed by atoms with van der Waals surface area (Å²) >= 11 is 6.06. The SMILES string of the molecule is O=C(O)COc1cc(Cl)cc2c1CCC[C@H]2NS(=O)(=O)c1cc(F)cc(C(F)(F)F)c1. The number of hydrogen-bond acceptors (Lipinski definition) is 4. The van der Waals surface area contributed by atoms with Crippen LogP contribution in [0.25, 0.3) is 0 Å². The molecular weight excluding hydrogens is 466 g/mol. The van der Waals surface area contributed by atoms with Crippen LogP contribution in [-0.4, -0.2) is 26.1 Å². The summed E-state index contributed by atoms with van der Waals surface area (Å²) in [5.41, 5.74) is -0.473. The number of nitrogens with one attached hydrogen (secondary N) is 1.